The first-order valence-corrected chi connectivity index (χ1v) is 12.3. The molecule has 2 unspecified atom stereocenters. The van der Waals surface area contributed by atoms with Crippen LogP contribution in [0.3, 0.4) is 0 Å². The maximum Gasteiger partial charge on any atom is 1.00 e. The standard InChI is InChI=1S/C25H31ClO6S.Na/c1-4-6-19-21(9-8-18(16(3)27)25(19)31)32-11-5-12-33-22-10-7-17(14-20(22)26)24(30)15(2)13-23(28)29;/h7-10,14-15,24,30-31H,4-6,11-13H2,1-3H3,(H,28,29);/q;+1/p-1. The molecule has 0 spiro atoms. The molecule has 34 heavy (non-hydrogen) atoms. The smallest absolute Gasteiger partial charge is 0.550 e. The Morgan fingerprint density at radius 1 is 1.24 bits per heavy atom. The number of aromatic hydroxyl groups is 1. The molecule has 0 saturated carbocycles. The van der Waals surface area contributed by atoms with E-state index in [0.29, 0.717) is 40.5 Å². The van der Waals surface area contributed by atoms with E-state index in [0.717, 1.165) is 23.5 Å². The van der Waals surface area contributed by atoms with Crippen LogP contribution in [0, 0.1) is 5.92 Å². The molecule has 0 aliphatic carbocycles. The molecule has 0 aromatic heterocycles. The largest absolute Gasteiger partial charge is 1.00 e. The molecule has 2 aromatic carbocycles. The van der Waals surface area contributed by atoms with Crippen LogP contribution in [0.4, 0.5) is 0 Å². The molecule has 0 aliphatic heterocycles. The van der Waals surface area contributed by atoms with Gasteiger partial charge < -0.3 is 24.9 Å². The number of benzene rings is 2. The van der Waals surface area contributed by atoms with Gasteiger partial charge in [0.2, 0.25) is 0 Å². The van der Waals surface area contributed by atoms with Crippen molar-refractivity contribution in [2.45, 2.75) is 57.5 Å². The number of carboxylic acids is 1. The Morgan fingerprint density at radius 2 is 1.94 bits per heavy atom. The fourth-order valence-electron chi connectivity index (χ4n) is 3.47. The zero-order valence-electron chi connectivity index (χ0n) is 20.1. The number of hydrogen-bond acceptors (Lipinski definition) is 7. The summed E-state index contributed by atoms with van der Waals surface area (Å²) in [6.45, 7) is 5.52. The molecule has 0 heterocycles. The maximum atomic E-state index is 11.7. The number of ether oxygens (including phenoxy) is 1. The van der Waals surface area contributed by atoms with E-state index in [2.05, 4.69) is 0 Å². The maximum absolute atomic E-state index is 11.7. The van der Waals surface area contributed by atoms with Gasteiger partial charge in [-0.25, -0.2) is 0 Å². The molecule has 0 amide bonds. The van der Waals surface area contributed by atoms with Gasteiger partial charge in [0.1, 0.15) is 11.5 Å². The number of carboxylic acid groups (broad SMARTS) is 1. The number of ketones is 1. The van der Waals surface area contributed by atoms with Crippen LogP contribution in [0.25, 0.3) is 0 Å². The first-order valence-electron chi connectivity index (χ1n) is 10.9. The van der Waals surface area contributed by atoms with E-state index < -0.39 is 18.0 Å². The van der Waals surface area contributed by atoms with Crippen LogP contribution in [0.2, 0.25) is 5.02 Å². The molecule has 0 bridgehead atoms. The summed E-state index contributed by atoms with van der Waals surface area (Å²) in [4.78, 5) is 23.3. The van der Waals surface area contributed by atoms with Gasteiger partial charge >= 0.3 is 29.6 Å². The summed E-state index contributed by atoms with van der Waals surface area (Å²) < 4.78 is 5.88. The molecule has 2 rings (SSSR count). The Morgan fingerprint density at radius 3 is 2.53 bits per heavy atom. The summed E-state index contributed by atoms with van der Waals surface area (Å²) in [5, 5.41) is 32.0. The van der Waals surface area contributed by atoms with Crippen LogP contribution in [0.5, 0.6) is 11.5 Å². The van der Waals surface area contributed by atoms with Crippen molar-refractivity contribution in [2.75, 3.05) is 12.4 Å². The predicted octanol–water partition coefficient (Wildman–Crippen LogP) is 1.58. The Labute approximate surface area is 232 Å². The molecule has 2 aromatic rings. The fourth-order valence-corrected chi connectivity index (χ4v) is 4.67. The van der Waals surface area contributed by atoms with E-state index in [1.165, 1.54) is 6.92 Å². The van der Waals surface area contributed by atoms with E-state index in [-0.39, 0.29) is 47.5 Å². The van der Waals surface area contributed by atoms with Gasteiger partial charge in [-0.05, 0) is 61.9 Å². The molecule has 2 N–H and O–H groups in total. The van der Waals surface area contributed by atoms with Gasteiger partial charge in [-0.3, -0.25) is 4.79 Å². The number of carbonyl (C=O) groups is 2. The van der Waals surface area contributed by atoms with Gasteiger partial charge in [0.05, 0.1) is 23.3 Å². The number of phenolic OH excluding ortho intramolecular Hbond substituents is 1. The van der Waals surface area contributed by atoms with Gasteiger partial charge in [0, 0.05) is 22.2 Å². The Hall–Kier alpha value is -1.22. The zero-order chi connectivity index (χ0) is 24.5. The average Bonchev–Trinajstić information content (AvgIpc) is 2.75. The molecule has 0 fully saturated rings. The normalized spacial score (nSPS) is 12.5. The summed E-state index contributed by atoms with van der Waals surface area (Å²) >= 11 is 7.91. The fraction of sp³-hybridized carbons (Fsp3) is 0.440. The number of Topliss-reactive ketones (excluding diaryl/α,β-unsaturated/α-hetero) is 1. The summed E-state index contributed by atoms with van der Waals surface area (Å²) in [5.74, 6) is -0.539. The molecular formula is C25H30ClNaO6S. The summed E-state index contributed by atoms with van der Waals surface area (Å²) in [6.07, 6.45) is 0.998. The molecule has 2 atom stereocenters. The number of phenols is 1. The van der Waals surface area contributed by atoms with Crippen molar-refractivity contribution in [3.05, 3.63) is 52.0 Å². The number of aliphatic hydroxyl groups excluding tert-OH is 1. The van der Waals surface area contributed by atoms with Crippen LogP contribution in [0.15, 0.2) is 35.2 Å². The van der Waals surface area contributed by atoms with E-state index in [1.807, 2.05) is 13.0 Å². The van der Waals surface area contributed by atoms with Crippen molar-refractivity contribution in [3.63, 3.8) is 0 Å². The first-order chi connectivity index (χ1) is 15.6. The topological polar surface area (TPSA) is 107 Å². The molecule has 0 radical (unpaired) electrons. The summed E-state index contributed by atoms with van der Waals surface area (Å²) in [6, 6.07) is 8.54. The Bertz CT molecular complexity index is 984. The van der Waals surface area contributed by atoms with Crippen molar-refractivity contribution < 1.29 is 59.2 Å². The van der Waals surface area contributed by atoms with Crippen molar-refractivity contribution in [1.29, 1.82) is 0 Å². The Kier molecular flexibility index (Phi) is 13.6. The average molecular weight is 517 g/mol. The van der Waals surface area contributed by atoms with E-state index >= 15 is 0 Å². The minimum atomic E-state index is -1.20. The molecule has 0 aliphatic rings. The minimum Gasteiger partial charge on any atom is -0.550 e. The molecule has 9 heteroatoms. The number of thioether (sulfide) groups is 1. The molecular weight excluding hydrogens is 487 g/mol. The monoisotopic (exact) mass is 516 g/mol. The number of aliphatic carboxylic acids is 1. The number of aliphatic hydroxyl groups is 1. The second-order valence-electron chi connectivity index (χ2n) is 7.98. The number of carbonyl (C=O) groups excluding carboxylic acids is 2. The SMILES string of the molecule is CCCc1c(OCCCSc2ccc(C(O)C(C)CC(=O)[O-])cc2Cl)ccc(C(C)=O)c1O.[Na+]. The van der Waals surface area contributed by atoms with E-state index in [1.54, 1.807) is 43.0 Å². The molecule has 180 valence electrons. The number of halogens is 1. The number of rotatable bonds is 13. The van der Waals surface area contributed by atoms with Crippen LogP contribution in [-0.2, 0) is 11.2 Å². The molecule has 6 nitrogen and oxygen atoms in total. The molecule has 0 saturated heterocycles. The van der Waals surface area contributed by atoms with Crippen molar-refractivity contribution in [1.82, 2.24) is 0 Å². The third-order valence-corrected chi connectivity index (χ3v) is 6.83. The zero-order valence-corrected chi connectivity index (χ0v) is 23.7. The second kappa shape index (κ2) is 15.0. The van der Waals surface area contributed by atoms with E-state index in [4.69, 9.17) is 16.3 Å². The predicted molar refractivity (Wildman–Crippen MR) is 128 cm³/mol. The third kappa shape index (κ3) is 8.77. The van der Waals surface area contributed by atoms with Crippen LogP contribution in [-0.4, -0.2) is 34.3 Å². The Balaban J connectivity index is 0.00000578. The number of hydrogen-bond donors (Lipinski definition) is 2. The first kappa shape index (κ1) is 30.8. The summed E-state index contributed by atoms with van der Waals surface area (Å²) in [7, 11) is 0. The van der Waals surface area contributed by atoms with Gasteiger partial charge in [-0.2, -0.15) is 0 Å². The minimum absolute atomic E-state index is 0. The van der Waals surface area contributed by atoms with Gasteiger partial charge in [0.15, 0.2) is 5.78 Å². The van der Waals surface area contributed by atoms with Crippen LogP contribution < -0.4 is 39.4 Å². The van der Waals surface area contributed by atoms with Crippen LogP contribution in [0.1, 0.15) is 67.6 Å². The van der Waals surface area contributed by atoms with E-state index in [9.17, 15) is 24.9 Å². The summed E-state index contributed by atoms with van der Waals surface area (Å²) in [5.41, 5.74) is 1.53. The van der Waals surface area contributed by atoms with Crippen molar-refractivity contribution >= 4 is 35.1 Å². The van der Waals surface area contributed by atoms with Crippen molar-refractivity contribution in [2.24, 2.45) is 5.92 Å². The second-order valence-corrected chi connectivity index (χ2v) is 9.53. The quantitative estimate of drug-likeness (QED) is 0.180. The van der Waals surface area contributed by atoms with Gasteiger partial charge in [-0.15, -0.1) is 11.8 Å². The van der Waals surface area contributed by atoms with Gasteiger partial charge in [0.25, 0.3) is 0 Å². The third-order valence-electron chi connectivity index (χ3n) is 5.25. The van der Waals surface area contributed by atoms with Gasteiger partial charge in [-0.1, -0.05) is 37.9 Å². The van der Waals surface area contributed by atoms with Crippen LogP contribution >= 0.6 is 23.4 Å². The van der Waals surface area contributed by atoms with Crippen molar-refractivity contribution in [3.8, 4) is 11.5 Å².